The van der Waals surface area contributed by atoms with Gasteiger partial charge in [-0.15, -0.1) is 0 Å². The second kappa shape index (κ2) is 6.48. The van der Waals surface area contributed by atoms with Gasteiger partial charge in [0.25, 0.3) is 0 Å². The molecule has 2 aromatic carbocycles. The summed E-state index contributed by atoms with van der Waals surface area (Å²) in [6, 6.07) is 15.4. The molecule has 0 bridgehead atoms. The van der Waals surface area contributed by atoms with Crippen LogP contribution in [0, 0.1) is 12.7 Å². The van der Waals surface area contributed by atoms with Crippen molar-refractivity contribution in [2.75, 3.05) is 13.6 Å². The topological polar surface area (TPSA) is 12.0 Å². The van der Waals surface area contributed by atoms with Gasteiger partial charge in [-0.25, -0.2) is 4.39 Å². The summed E-state index contributed by atoms with van der Waals surface area (Å²) >= 11 is 0. The summed E-state index contributed by atoms with van der Waals surface area (Å²) in [6.45, 7) is 3.00. The second-order valence-electron chi connectivity index (χ2n) is 4.91. The van der Waals surface area contributed by atoms with E-state index in [0.29, 0.717) is 0 Å². The van der Waals surface area contributed by atoms with Crippen LogP contribution < -0.4 is 5.32 Å². The maximum absolute atomic E-state index is 13.4. The third-order valence-corrected chi connectivity index (χ3v) is 3.38. The van der Waals surface area contributed by atoms with E-state index in [1.54, 1.807) is 12.1 Å². The second-order valence-corrected chi connectivity index (χ2v) is 4.91. The van der Waals surface area contributed by atoms with Crippen LogP contribution in [0.3, 0.4) is 0 Å². The van der Waals surface area contributed by atoms with E-state index in [4.69, 9.17) is 0 Å². The van der Waals surface area contributed by atoms with Crippen molar-refractivity contribution in [3.05, 3.63) is 71.0 Å². The molecular weight excluding hydrogens is 237 g/mol. The first kappa shape index (κ1) is 13.8. The van der Waals surface area contributed by atoms with Crippen molar-refractivity contribution >= 4 is 0 Å². The zero-order valence-electron chi connectivity index (χ0n) is 11.5. The molecule has 100 valence electrons. The molecule has 1 N–H and O–H groups in total. The summed E-state index contributed by atoms with van der Waals surface area (Å²) in [4.78, 5) is 0. The molecule has 0 aliphatic heterocycles. The van der Waals surface area contributed by atoms with E-state index >= 15 is 0 Å². The summed E-state index contributed by atoms with van der Waals surface area (Å²) in [5.74, 6) is 0.0719. The average molecular weight is 257 g/mol. The van der Waals surface area contributed by atoms with Crippen LogP contribution in [0.4, 0.5) is 4.39 Å². The van der Waals surface area contributed by atoms with Gasteiger partial charge in [0.2, 0.25) is 0 Å². The van der Waals surface area contributed by atoms with Crippen molar-refractivity contribution in [1.82, 2.24) is 5.32 Å². The van der Waals surface area contributed by atoms with E-state index in [9.17, 15) is 4.39 Å². The fraction of sp³-hybridized carbons (Fsp3) is 0.294. The van der Waals surface area contributed by atoms with Crippen LogP contribution in [-0.2, 0) is 0 Å². The highest BCUT2D eigenvalue weighted by molar-refractivity contribution is 5.34. The van der Waals surface area contributed by atoms with Gasteiger partial charge < -0.3 is 5.32 Å². The van der Waals surface area contributed by atoms with E-state index in [2.05, 4.69) is 36.5 Å². The Bertz CT molecular complexity index is 491. The highest BCUT2D eigenvalue weighted by Gasteiger charge is 2.14. The molecule has 0 aliphatic rings. The van der Waals surface area contributed by atoms with Crippen LogP contribution in [0.1, 0.15) is 29.0 Å². The standard InChI is InChI=1S/C17H20FN/c1-13-5-3-6-14(11-13)17(9-10-19-2)15-7-4-8-16(18)12-15/h3-8,11-12,17,19H,9-10H2,1-2H3. The SMILES string of the molecule is CNCCC(c1cccc(C)c1)c1cccc(F)c1. The number of benzene rings is 2. The molecule has 19 heavy (non-hydrogen) atoms. The van der Waals surface area contributed by atoms with Crippen LogP contribution in [-0.4, -0.2) is 13.6 Å². The number of aryl methyl sites for hydroxylation is 1. The van der Waals surface area contributed by atoms with Gasteiger partial charge in [-0.1, -0.05) is 42.0 Å². The van der Waals surface area contributed by atoms with Crippen molar-refractivity contribution in [2.24, 2.45) is 0 Å². The Kier molecular flexibility index (Phi) is 4.69. The monoisotopic (exact) mass is 257 g/mol. The molecule has 1 unspecified atom stereocenters. The molecule has 1 atom stereocenters. The number of hydrogen-bond acceptors (Lipinski definition) is 1. The van der Waals surface area contributed by atoms with Crippen LogP contribution in [0.25, 0.3) is 0 Å². The number of nitrogens with one attached hydrogen (secondary N) is 1. The van der Waals surface area contributed by atoms with Crippen LogP contribution >= 0.6 is 0 Å². The first-order chi connectivity index (χ1) is 9.20. The van der Waals surface area contributed by atoms with Gasteiger partial charge in [0.15, 0.2) is 0 Å². The van der Waals surface area contributed by atoms with Crippen LogP contribution in [0.15, 0.2) is 48.5 Å². The first-order valence-corrected chi connectivity index (χ1v) is 6.67. The Morgan fingerprint density at radius 1 is 1.05 bits per heavy atom. The Labute approximate surface area is 114 Å². The fourth-order valence-electron chi connectivity index (χ4n) is 2.42. The van der Waals surface area contributed by atoms with E-state index < -0.39 is 0 Å². The molecule has 0 aliphatic carbocycles. The van der Waals surface area contributed by atoms with Gasteiger partial charge >= 0.3 is 0 Å². The summed E-state index contributed by atoms with van der Waals surface area (Å²) in [6.07, 6.45) is 0.962. The lowest BCUT2D eigenvalue weighted by molar-refractivity contribution is 0.616. The Morgan fingerprint density at radius 2 is 1.74 bits per heavy atom. The van der Waals surface area contributed by atoms with Gasteiger partial charge in [0.05, 0.1) is 0 Å². The van der Waals surface area contributed by atoms with Gasteiger partial charge in [0.1, 0.15) is 5.82 Å². The summed E-state index contributed by atoms with van der Waals surface area (Å²) in [5, 5.41) is 3.17. The lowest BCUT2D eigenvalue weighted by atomic mass is 9.88. The smallest absolute Gasteiger partial charge is 0.123 e. The minimum absolute atomic E-state index is 0.167. The third-order valence-electron chi connectivity index (χ3n) is 3.38. The Balaban J connectivity index is 2.35. The van der Waals surface area contributed by atoms with Crippen LogP contribution in [0.2, 0.25) is 0 Å². The molecule has 0 amide bonds. The van der Waals surface area contributed by atoms with Crippen molar-refractivity contribution in [3.8, 4) is 0 Å². The Morgan fingerprint density at radius 3 is 2.37 bits per heavy atom. The molecule has 0 saturated heterocycles. The number of rotatable bonds is 5. The predicted molar refractivity (Wildman–Crippen MR) is 78.0 cm³/mol. The minimum Gasteiger partial charge on any atom is -0.320 e. The van der Waals surface area contributed by atoms with Gasteiger partial charge in [-0.2, -0.15) is 0 Å². The predicted octanol–water partition coefficient (Wildman–Crippen LogP) is 3.88. The number of halogens is 1. The van der Waals surface area contributed by atoms with E-state index in [1.165, 1.54) is 17.2 Å². The number of hydrogen-bond donors (Lipinski definition) is 1. The highest BCUT2D eigenvalue weighted by atomic mass is 19.1. The molecule has 2 heteroatoms. The largest absolute Gasteiger partial charge is 0.320 e. The molecule has 2 rings (SSSR count). The maximum atomic E-state index is 13.4. The van der Waals surface area contributed by atoms with Crippen molar-refractivity contribution < 1.29 is 4.39 Å². The average Bonchev–Trinajstić information content (AvgIpc) is 2.39. The molecule has 0 spiro atoms. The molecule has 0 fully saturated rings. The molecule has 0 heterocycles. The van der Waals surface area contributed by atoms with Crippen LogP contribution in [0.5, 0.6) is 0 Å². The van der Waals surface area contributed by atoms with Gasteiger partial charge in [0, 0.05) is 5.92 Å². The third kappa shape index (κ3) is 3.65. The fourth-order valence-corrected chi connectivity index (χ4v) is 2.42. The zero-order valence-corrected chi connectivity index (χ0v) is 11.5. The van der Waals surface area contributed by atoms with Gasteiger partial charge in [-0.05, 0) is 50.2 Å². The van der Waals surface area contributed by atoms with Crippen molar-refractivity contribution in [2.45, 2.75) is 19.3 Å². The lowest BCUT2D eigenvalue weighted by Crippen LogP contribution is -2.13. The molecule has 0 radical (unpaired) electrons. The minimum atomic E-state index is -0.167. The molecule has 0 aromatic heterocycles. The van der Waals surface area contributed by atoms with Crippen molar-refractivity contribution in [3.63, 3.8) is 0 Å². The first-order valence-electron chi connectivity index (χ1n) is 6.67. The Hall–Kier alpha value is -1.67. The summed E-state index contributed by atoms with van der Waals surface area (Å²) < 4.78 is 13.4. The zero-order chi connectivity index (χ0) is 13.7. The van der Waals surface area contributed by atoms with E-state index in [1.807, 2.05) is 13.1 Å². The summed E-state index contributed by atoms with van der Waals surface area (Å²) in [5.41, 5.74) is 3.53. The molecular formula is C17H20FN. The van der Waals surface area contributed by atoms with Crippen molar-refractivity contribution in [1.29, 1.82) is 0 Å². The normalized spacial score (nSPS) is 12.4. The summed E-state index contributed by atoms with van der Waals surface area (Å²) in [7, 11) is 1.94. The van der Waals surface area contributed by atoms with Gasteiger partial charge in [-0.3, -0.25) is 0 Å². The van der Waals surface area contributed by atoms with E-state index in [-0.39, 0.29) is 11.7 Å². The quantitative estimate of drug-likeness (QED) is 0.857. The molecule has 1 nitrogen and oxygen atoms in total. The molecule has 2 aromatic rings. The molecule has 0 saturated carbocycles. The highest BCUT2D eigenvalue weighted by Crippen LogP contribution is 2.28. The van der Waals surface area contributed by atoms with E-state index in [0.717, 1.165) is 18.5 Å². The maximum Gasteiger partial charge on any atom is 0.123 e. The lowest BCUT2D eigenvalue weighted by Gasteiger charge is -2.18.